The van der Waals surface area contributed by atoms with Crippen molar-refractivity contribution in [2.45, 2.75) is 31.7 Å². The average molecular weight is 327 g/mol. The summed E-state index contributed by atoms with van der Waals surface area (Å²) in [5, 5.41) is 5.64. The van der Waals surface area contributed by atoms with Gasteiger partial charge in [-0.2, -0.15) is 0 Å². The van der Waals surface area contributed by atoms with Crippen molar-refractivity contribution in [2.24, 2.45) is 0 Å². The Morgan fingerprint density at radius 1 is 1.20 bits per heavy atom. The molecule has 1 unspecified atom stereocenters. The Morgan fingerprint density at radius 2 is 2.00 bits per heavy atom. The molecule has 1 heterocycles. The van der Waals surface area contributed by atoms with E-state index in [-0.39, 0.29) is 6.04 Å². The number of hydrogen-bond acceptors (Lipinski definition) is 3. The van der Waals surface area contributed by atoms with Gasteiger partial charge >= 0.3 is 0 Å². The fourth-order valence-electron chi connectivity index (χ4n) is 2.62. The van der Waals surface area contributed by atoms with Gasteiger partial charge in [0, 0.05) is 4.88 Å². The molecule has 1 aliphatic rings. The van der Waals surface area contributed by atoms with E-state index < -0.39 is 0 Å². The van der Waals surface area contributed by atoms with Crippen molar-refractivity contribution < 1.29 is 0 Å². The number of fused-ring (bicyclic) bond motifs is 1. The van der Waals surface area contributed by atoms with E-state index in [0.717, 1.165) is 17.0 Å². The highest BCUT2D eigenvalue weighted by Crippen LogP contribution is 2.34. The number of nitrogens with one attached hydrogen (secondary N) is 1. The van der Waals surface area contributed by atoms with Crippen LogP contribution in [0.3, 0.4) is 0 Å². The first-order valence-electron chi connectivity index (χ1n) is 6.79. The van der Waals surface area contributed by atoms with Gasteiger partial charge in [-0.3, -0.25) is 0 Å². The van der Waals surface area contributed by atoms with Gasteiger partial charge < -0.3 is 5.32 Å². The number of halogens is 2. The maximum absolute atomic E-state index is 6.13. The topological polar surface area (TPSA) is 24.9 Å². The first kappa shape index (κ1) is 14.3. The van der Waals surface area contributed by atoms with E-state index in [9.17, 15) is 0 Å². The molecular weight excluding hydrogens is 311 g/mol. The van der Waals surface area contributed by atoms with Crippen LogP contribution in [0.4, 0.5) is 0 Å². The maximum atomic E-state index is 6.13. The Balaban J connectivity index is 1.96. The smallest absolute Gasteiger partial charge is 0.115 e. The van der Waals surface area contributed by atoms with Gasteiger partial charge in [-0.1, -0.05) is 29.3 Å². The third-order valence-electron chi connectivity index (χ3n) is 3.67. The standard InChI is InChI=1S/C15H16Cl2N2S/c1-18-14(9-6-7-10(16)11(17)8-9)15-19-12-4-2-3-5-13(12)20-15/h6-8,14,18H,2-5H2,1H3. The number of hydrogen-bond donors (Lipinski definition) is 1. The van der Waals surface area contributed by atoms with Crippen LogP contribution in [0, 0.1) is 0 Å². The second kappa shape index (κ2) is 6.02. The molecule has 1 aliphatic carbocycles. The monoisotopic (exact) mass is 326 g/mol. The Labute approximate surface area is 133 Å². The van der Waals surface area contributed by atoms with Crippen LogP contribution in [0.2, 0.25) is 10.0 Å². The Bertz CT molecular complexity index is 601. The molecule has 0 bridgehead atoms. The summed E-state index contributed by atoms with van der Waals surface area (Å²) in [5.41, 5.74) is 2.39. The lowest BCUT2D eigenvalue weighted by molar-refractivity contribution is 0.661. The molecule has 3 rings (SSSR count). The Kier molecular flexibility index (Phi) is 4.32. The molecular formula is C15H16Cl2N2S. The van der Waals surface area contributed by atoms with E-state index in [0.29, 0.717) is 10.0 Å². The van der Waals surface area contributed by atoms with Gasteiger partial charge in [0.1, 0.15) is 5.01 Å². The summed E-state index contributed by atoms with van der Waals surface area (Å²) in [5.74, 6) is 0. The first-order valence-corrected chi connectivity index (χ1v) is 8.37. The maximum Gasteiger partial charge on any atom is 0.115 e. The van der Waals surface area contributed by atoms with E-state index in [1.807, 2.05) is 36.6 Å². The number of benzene rings is 1. The van der Waals surface area contributed by atoms with Gasteiger partial charge in [-0.05, 0) is 50.4 Å². The fourth-order valence-corrected chi connectivity index (χ4v) is 4.22. The quantitative estimate of drug-likeness (QED) is 0.888. The van der Waals surface area contributed by atoms with Gasteiger partial charge in [0.25, 0.3) is 0 Å². The first-order chi connectivity index (χ1) is 9.69. The van der Waals surface area contributed by atoms with Crippen molar-refractivity contribution in [2.75, 3.05) is 7.05 Å². The molecule has 0 aliphatic heterocycles. The minimum Gasteiger partial charge on any atom is -0.307 e. The fraction of sp³-hybridized carbons (Fsp3) is 0.400. The van der Waals surface area contributed by atoms with Crippen LogP contribution in [0.15, 0.2) is 18.2 Å². The van der Waals surface area contributed by atoms with Gasteiger partial charge in [0.05, 0.1) is 21.8 Å². The number of thiazole rings is 1. The summed E-state index contributed by atoms with van der Waals surface area (Å²) in [4.78, 5) is 6.28. The summed E-state index contributed by atoms with van der Waals surface area (Å²) in [6, 6.07) is 5.86. The van der Waals surface area contributed by atoms with Crippen molar-refractivity contribution >= 4 is 34.5 Å². The SMILES string of the molecule is CNC(c1ccc(Cl)c(Cl)c1)c1nc2c(s1)CCCC2. The van der Waals surface area contributed by atoms with E-state index in [2.05, 4.69) is 5.32 Å². The van der Waals surface area contributed by atoms with Crippen molar-refractivity contribution in [1.82, 2.24) is 10.3 Å². The molecule has 5 heteroatoms. The second-order valence-electron chi connectivity index (χ2n) is 5.02. The van der Waals surface area contributed by atoms with Crippen molar-refractivity contribution in [1.29, 1.82) is 0 Å². The molecule has 2 aromatic rings. The molecule has 20 heavy (non-hydrogen) atoms. The molecule has 2 nitrogen and oxygen atoms in total. The van der Waals surface area contributed by atoms with Crippen LogP contribution in [0.1, 0.15) is 40.0 Å². The predicted octanol–water partition coefficient (Wildman–Crippen LogP) is 4.64. The molecule has 0 saturated carbocycles. The van der Waals surface area contributed by atoms with Gasteiger partial charge in [0.15, 0.2) is 0 Å². The molecule has 0 radical (unpaired) electrons. The van der Waals surface area contributed by atoms with Gasteiger partial charge in [-0.25, -0.2) is 4.98 Å². The molecule has 106 valence electrons. The zero-order chi connectivity index (χ0) is 14.1. The highest BCUT2D eigenvalue weighted by Gasteiger charge is 2.21. The van der Waals surface area contributed by atoms with Crippen molar-refractivity contribution in [3.8, 4) is 0 Å². The lowest BCUT2D eigenvalue weighted by Gasteiger charge is -2.14. The van der Waals surface area contributed by atoms with Crippen LogP contribution >= 0.6 is 34.5 Å². The van der Waals surface area contributed by atoms with E-state index >= 15 is 0 Å². The Morgan fingerprint density at radius 3 is 2.70 bits per heavy atom. The number of rotatable bonds is 3. The van der Waals surface area contributed by atoms with E-state index in [1.54, 1.807) is 0 Å². The van der Waals surface area contributed by atoms with Crippen LogP contribution < -0.4 is 5.32 Å². The van der Waals surface area contributed by atoms with Gasteiger partial charge in [0.2, 0.25) is 0 Å². The molecule has 1 aromatic carbocycles. The molecule has 1 aromatic heterocycles. The van der Waals surface area contributed by atoms with Crippen LogP contribution in [-0.4, -0.2) is 12.0 Å². The number of aryl methyl sites for hydroxylation is 2. The lowest BCUT2D eigenvalue weighted by Crippen LogP contribution is -2.17. The lowest BCUT2D eigenvalue weighted by atomic mass is 10.0. The largest absolute Gasteiger partial charge is 0.307 e. The van der Waals surface area contributed by atoms with Crippen molar-refractivity contribution in [3.05, 3.63) is 49.4 Å². The third kappa shape index (κ3) is 2.73. The van der Waals surface area contributed by atoms with Crippen LogP contribution in [-0.2, 0) is 12.8 Å². The van der Waals surface area contributed by atoms with Crippen molar-refractivity contribution in [3.63, 3.8) is 0 Å². The predicted molar refractivity (Wildman–Crippen MR) is 86.1 cm³/mol. The molecule has 0 spiro atoms. The summed E-state index contributed by atoms with van der Waals surface area (Å²) in [7, 11) is 1.95. The van der Waals surface area contributed by atoms with Gasteiger partial charge in [-0.15, -0.1) is 11.3 Å². The Hall–Kier alpha value is -0.610. The zero-order valence-electron chi connectivity index (χ0n) is 11.2. The molecule has 0 amide bonds. The third-order valence-corrected chi connectivity index (χ3v) is 5.64. The van der Waals surface area contributed by atoms with E-state index in [4.69, 9.17) is 28.2 Å². The molecule has 0 saturated heterocycles. The summed E-state index contributed by atoms with van der Waals surface area (Å²) in [6.45, 7) is 0. The number of nitrogens with zero attached hydrogens (tertiary/aromatic N) is 1. The van der Waals surface area contributed by atoms with E-state index in [1.165, 1.54) is 29.8 Å². The minimum atomic E-state index is 0.0837. The minimum absolute atomic E-state index is 0.0837. The van der Waals surface area contributed by atoms with Crippen LogP contribution in [0.25, 0.3) is 0 Å². The normalized spacial score (nSPS) is 15.9. The second-order valence-corrected chi connectivity index (χ2v) is 6.95. The van der Waals surface area contributed by atoms with Crippen LogP contribution in [0.5, 0.6) is 0 Å². The highest BCUT2D eigenvalue weighted by atomic mass is 35.5. The highest BCUT2D eigenvalue weighted by molar-refractivity contribution is 7.11. The zero-order valence-corrected chi connectivity index (χ0v) is 13.6. The summed E-state index contributed by atoms with van der Waals surface area (Å²) in [6.07, 6.45) is 4.83. The average Bonchev–Trinajstić information content (AvgIpc) is 2.87. The molecule has 1 N–H and O–H groups in total. The molecule has 0 fully saturated rings. The summed E-state index contributed by atoms with van der Waals surface area (Å²) < 4.78 is 0. The summed E-state index contributed by atoms with van der Waals surface area (Å²) >= 11 is 13.9. The number of aromatic nitrogens is 1. The molecule has 1 atom stereocenters.